The highest BCUT2D eigenvalue weighted by atomic mass is 32.2. The third-order valence-electron chi connectivity index (χ3n) is 14.4. The average molecular weight is 862 g/mol. The van der Waals surface area contributed by atoms with Crippen LogP contribution >= 0.6 is 11.9 Å². The molecule has 2 amide bonds. The molecule has 3 fully saturated rings. The van der Waals surface area contributed by atoms with E-state index in [1.165, 1.54) is 60.6 Å². The number of anilines is 1. The molecule has 62 heavy (non-hydrogen) atoms. The second kappa shape index (κ2) is 18.2. The molecule has 1 aliphatic carbocycles. The Hall–Kier alpha value is -4.71. The number of methoxy groups -OCH3 is 2. The van der Waals surface area contributed by atoms with E-state index in [1.807, 2.05) is 61.8 Å². The summed E-state index contributed by atoms with van der Waals surface area (Å²) in [7, 11) is 4.96. The van der Waals surface area contributed by atoms with Crippen molar-refractivity contribution in [1.29, 1.82) is 0 Å². The van der Waals surface area contributed by atoms with E-state index in [9.17, 15) is 19.2 Å². The van der Waals surface area contributed by atoms with Gasteiger partial charge in [0, 0.05) is 67.9 Å². The number of amides is 2. The minimum atomic E-state index is -0.416. The van der Waals surface area contributed by atoms with Crippen LogP contribution in [0.15, 0.2) is 58.8 Å². The second-order valence-electron chi connectivity index (χ2n) is 18.8. The lowest BCUT2D eigenvalue weighted by molar-refractivity contribution is -0.148. The van der Waals surface area contributed by atoms with Crippen molar-refractivity contribution in [2.24, 2.45) is 33.7 Å². The molecule has 11 nitrogen and oxygen atoms in total. The Balaban J connectivity index is 0.997. The lowest BCUT2D eigenvalue weighted by Crippen LogP contribution is -2.45. The molecule has 0 bridgehead atoms. The molecular formula is C50H63N5O6S. The minimum absolute atomic E-state index is 0.0177. The summed E-state index contributed by atoms with van der Waals surface area (Å²) in [4.78, 5) is 66.1. The minimum Gasteiger partial charge on any atom is -0.469 e. The third kappa shape index (κ3) is 8.28. The van der Waals surface area contributed by atoms with Gasteiger partial charge in [-0.15, -0.1) is 0 Å². The van der Waals surface area contributed by atoms with Crippen LogP contribution in [0.2, 0.25) is 0 Å². The summed E-state index contributed by atoms with van der Waals surface area (Å²) in [5.74, 6) is -1.43. The van der Waals surface area contributed by atoms with E-state index in [0.29, 0.717) is 25.9 Å². The van der Waals surface area contributed by atoms with E-state index in [4.69, 9.17) is 19.5 Å². The van der Waals surface area contributed by atoms with Gasteiger partial charge in [0.1, 0.15) is 0 Å². The standard InChI is InChI=1S/C50H63N5O6S/c1-30(2)38(26-44(56)60-6)48(58)54-22-10-12-42(54)40-24-34(28-51-40)32-14-16-33(17-15-32)36-18-19-37(47-46(36)50(62-53(47)5)20-8-9-21-50)35-25-41(52-29-35)43-13-11-23-55(43)49(59)39(31(3)4)27-45(57)61-7/h14-19,28-31,38-39,42-43H,8-13,20-27H2,1-7H3/t38-,39-,42-,43-/m0/s1. The Kier molecular flexibility index (Phi) is 12.9. The van der Waals surface area contributed by atoms with Gasteiger partial charge >= 0.3 is 11.9 Å². The van der Waals surface area contributed by atoms with Crippen LogP contribution in [0.25, 0.3) is 22.3 Å². The molecule has 6 aliphatic rings. The zero-order chi connectivity index (χ0) is 43.9. The van der Waals surface area contributed by atoms with Crippen molar-refractivity contribution in [1.82, 2.24) is 9.80 Å². The zero-order valence-corrected chi connectivity index (χ0v) is 38.4. The number of allylic oxidation sites excluding steroid dienone is 2. The maximum atomic E-state index is 13.9. The maximum absolute atomic E-state index is 13.9. The van der Waals surface area contributed by atoms with E-state index < -0.39 is 11.8 Å². The average Bonchev–Trinajstić information content (AvgIpc) is 4.13. The van der Waals surface area contributed by atoms with E-state index in [2.05, 4.69) is 47.8 Å². The first-order valence-corrected chi connectivity index (χ1v) is 23.6. The molecule has 5 heterocycles. The molecule has 2 aromatic carbocycles. The molecule has 0 radical (unpaired) electrons. The van der Waals surface area contributed by atoms with E-state index >= 15 is 0 Å². The SMILES string of the molecule is COC(=O)C[C@H](C(=O)N1CCC[C@H]1C1=NC=C(c2ccc(-c3ccc(C4=CN=C([C@@H]5CCCN5C(=O)[C@@H](CC(=O)OC)C(C)C)C4)c4c3C3(CCCC3)SN4C)cc2)C1)C(C)C. The number of ether oxygens (including phenoxy) is 2. The highest BCUT2D eigenvalue weighted by Crippen LogP contribution is 2.63. The highest BCUT2D eigenvalue weighted by molar-refractivity contribution is 8.02. The van der Waals surface area contributed by atoms with Crippen LogP contribution in [-0.2, 0) is 33.4 Å². The molecule has 5 aliphatic heterocycles. The molecule has 0 unspecified atom stereocenters. The molecule has 2 saturated heterocycles. The Labute approximate surface area is 371 Å². The summed E-state index contributed by atoms with van der Waals surface area (Å²) >= 11 is 1.98. The summed E-state index contributed by atoms with van der Waals surface area (Å²) in [6.07, 6.45) is 13.9. The third-order valence-corrected chi connectivity index (χ3v) is 15.8. The van der Waals surface area contributed by atoms with Crippen molar-refractivity contribution in [2.75, 3.05) is 38.7 Å². The van der Waals surface area contributed by atoms with E-state index in [0.717, 1.165) is 61.1 Å². The summed E-state index contributed by atoms with van der Waals surface area (Å²) < 4.78 is 12.3. The number of aliphatic imine (C=N–C) groups is 2. The fourth-order valence-corrected chi connectivity index (χ4v) is 12.5. The Morgan fingerprint density at radius 3 is 1.69 bits per heavy atom. The number of carbonyl (C=O) groups excluding carboxylic acids is 4. The Morgan fingerprint density at radius 2 is 1.18 bits per heavy atom. The normalized spacial score (nSPS) is 22.6. The molecule has 330 valence electrons. The quantitative estimate of drug-likeness (QED) is 0.144. The smallest absolute Gasteiger partial charge is 0.306 e. The topological polar surface area (TPSA) is 121 Å². The number of rotatable bonds is 13. The summed E-state index contributed by atoms with van der Waals surface area (Å²) in [5, 5.41) is 0. The largest absolute Gasteiger partial charge is 0.469 e. The van der Waals surface area contributed by atoms with Crippen LogP contribution in [0, 0.1) is 23.7 Å². The highest BCUT2D eigenvalue weighted by Gasteiger charge is 2.48. The van der Waals surface area contributed by atoms with Crippen molar-refractivity contribution in [3.8, 4) is 11.1 Å². The predicted octanol–water partition coefficient (Wildman–Crippen LogP) is 9.24. The van der Waals surface area contributed by atoms with Gasteiger partial charge in [0.25, 0.3) is 0 Å². The Bertz CT molecular complexity index is 2220. The maximum Gasteiger partial charge on any atom is 0.306 e. The van der Waals surface area contributed by atoms with Crippen LogP contribution in [0.5, 0.6) is 0 Å². The fourth-order valence-electron chi connectivity index (χ4n) is 10.9. The lowest BCUT2D eigenvalue weighted by atomic mass is 9.83. The van der Waals surface area contributed by atoms with Gasteiger partial charge < -0.3 is 23.6 Å². The molecule has 2 aromatic rings. The van der Waals surface area contributed by atoms with Crippen molar-refractivity contribution in [3.05, 3.63) is 65.5 Å². The van der Waals surface area contributed by atoms with E-state index in [-0.39, 0.29) is 65.3 Å². The van der Waals surface area contributed by atoms with Crippen LogP contribution in [0.3, 0.4) is 0 Å². The summed E-state index contributed by atoms with van der Waals surface area (Å²) in [6.45, 7) is 9.35. The first-order chi connectivity index (χ1) is 29.8. The van der Waals surface area contributed by atoms with Crippen molar-refractivity contribution in [2.45, 2.75) is 122 Å². The van der Waals surface area contributed by atoms with Crippen molar-refractivity contribution < 1.29 is 28.7 Å². The molecule has 0 N–H and O–H groups in total. The molecule has 1 saturated carbocycles. The molecule has 8 rings (SSSR count). The van der Waals surface area contributed by atoms with Gasteiger partial charge in [0.05, 0.1) is 61.4 Å². The number of fused-ring (bicyclic) bond motifs is 2. The van der Waals surface area contributed by atoms with Crippen molar-refractivity contribution in [3.63, 3.8) is 0 Å². The number of likely N-dealkylation sites (tertiary alicyclic amines) is 2. The van der Waals surface area contributed by atoms with Gasteiger partial charge in [-0.3, -0.25) is 29.2 Å². The van der Waals surface area contributed by atoms with E-state index in [1.54, 1.807) is 0 Å². The molecule has 12 heteroatoms. The summed E-state index contributed by atoms with van der Waals surface area (Å²) in [5.41, 5.74) is 11.9. The second-order valence-corrected chi connectivity index (χ2v) is 20.3. The number of hydrogen-bond donors (Lipinski definition) is 0. The van der Waals surface area contributed by atoms with Gasteiger partial charge in [-0.1, -0.05) is 76.9 Å². The predicted molar refractivity (Wildman–Crippen MR) is 247 cm³/mol. The lowest BCUT2D eigenvalue weighted by Gasteiger charge is -2.30. The van der Waals surface area contributed by atoms with Crippen LogP contribution in [0.4, 0.5) is 5.69 Å². The van der Waals surface area contributed by atoms with Crippen LogP contribution in [-0.4, -0.2) is 91.4 Å². The number of nitrogens with zero attached hydrogens (tertiary/aromatic N) is 5. The van der Waals surface area contributed by atoms with Gasteiger partial charge in [0.15, 0.2) is 0 Å². The molecular weight excluding hydrogens is 799 g/mol. The number of hydrogen-bond acceptors (Lipinski definition) is 10. The Morgan fingerprint density at radius 1 is 0.694 bits per heavy atom. The van der Waals surface area contributed by atoms with Gasteiger partial charge in [-0.05, 0) is 90.1 Å². The fraction of sp³-hybridized carbons (Fsp3) is 0.560. The van der Waals surface area contributed by atoms with Crippen molar-refractivity contribution >= 4 is 64.0 Å². The first-order valence-electron chi connectivity index (χ1n) is 22.8. The zero-order valence-electron chi connectivity index (χ0n) is 37.6. The molecule has 4 atom stereocenters. The first kappa shape index (κ1) is 43.9. The van der Waals surface area contributed by atoms with Gasteiger partial charge in [0.2, 0.25) is 11.8 Å². The number of esters is 2. The number of carbonyl (C=O) groups is 4. The monoisotopic (exact) mass is 861 g/mol. The van der Waals surface area contributed by atoms with Crippen LogP contribution in [0.1, 0.15) is 121 Å². The molecule has 1 spiro atoms. The van der Waals surface area contributed by atoms with Gasteiger partial charge in [-0.2, -0.15) is 0 Å². The summed E-state index contributed by atoms with van der Waals surface area (Å²) in [6, 6.07) is 13.4. The van der Waals surface area contributed by atoms with Gasteiger partial charge in [-0.25, -0.2) is 0 Å². The number of benzene rings is 2. The van der Waals surface area contributed by atoms with Crippen LogP contribution < -0.4 is 4.31 Å². The molecule has 0 aromatic heterocycles.